The van der Waals surface area contributed by atoms with Gasteiger partial charge >= 0.3 is 5.97 Å². The maximum atomic E-state index is 11.4. The fraction of sp³-hybridized carbons (Fsp3) is 0.929. The first-order valence-corrected chi connectivity index (χ1v) is 7.07. The maximum absolute atomic E-state index is 11.4. The van der Waals surface area contributed by atoms with Crippen molar-refractivity contribution in [3.63, 3.8) is 0 Å². The van der Waals surface area contributed by atoms with E-state index in [1.165, 1.54) is 19.3 Å². The van der Waals surface area contributed by atoms with Gasteiger partial charge in [0.2, 0.25) is 0 Å². The van der Waals surface area contributed by atoms with Gasteiger partial charge in [-0.05, 0) is 45.2 Å². The lowest BCUT2D eigenvalue weighted by Gasteiger charge is -2.41. The molecule has 0 spiro atoms. The number of piperidine rings is 1. The van der Waals surface area contributed by atoms with E-state index in [1.54, 1.807) is 0 Å². The summed E-state index contributed by atoms with van der Waals surface area (Å²) in [6.45, 7) is 8.38. The van der Waals surface area contributed by atoms with Gasteiger partial charge in [-0.3, -0.25) is 4.79 Å². The van der Waals surface area contributed by atoms with E-state index in [1.807, 2.05) is 6.92 Å². The summed E-state index contributed by atoms with van der Waals surface area (Å²) in [6, 6.07) is 0.656. The van der Waals surface area contributed by atoms with E-state index in [2.05, 4.69) is 18.7 Å². The molecule has 0 aromatic heterocycles. The third kappa shape index (κ3) is 3.21. The minimum absolute atomic E-state index is 0.443. The third-order valence-electron chi connectivity index (χ3n) is 4.50. The Morgan fingerprint density at radius 2 is 1.88 bits per heavy atom. The zero-order valence-electron chi connectivity index (χ0n) is 11.5. The van der Waals surface area contributed by atoms with E-state index in [9.17, 15) is 9.90 Å². The van der Waals surface area contributed by atoms with E-state index in [0.717, 1.165) is 32.4 Å². The van der Waals surface area contributed by atoms with E-state index >= 15 is 0 Å². The minimum atomic E-state index is -0.594. The standard InChI is InChI=1S/C14H27NO2/c1-4-7-12(5-2)15-10-8-14(6-3,9-11-15)13(16)17/h12H,4-11H2,1-3H3,(H,16,17). The lowest BCUT2D eigenvalue weighted by molar-refractivity contribution is -0.152. The molecule has 1 fully saturated rings. The van der Waals surface area contributed by atoms with Crippen LogP contribution < -0.4 is 0 Å². The number of nitrogens with zero attached hydrogens (tertiary/aromatic N) is 1. The molecule has 100 valence electrons. The number of likely N-dealkylation sites (tertiary alicyclic amines) is 1. The van der Waals surface area contributed by atoms with Gasteiger partial charge in [-0.25, -0.2) is 0 Å². The van der Waals surface area contributed by atoms with Crippen LogP contribution in [0, 0.1) is 5.41 Å². The molecule has 0 amide bonds. The Bertz CT molecular complexity index is 245. The van der Waals surface area contributed by atoms with E-state index in [-0.39, 0.29) is 0 Å². The van der Waals surface area contributed by atoms with Crippen molar-refractivity contribution in [3.8, 4) is 0 Å². The number of carboxylic acids is 1. The molecule has 3 nitrogen and oxygen atoms in total. The molecule has 0 aromatic carbocycles. The van der Waals surface area contributed by atoms with Crippen LogP contribution in [-0.2, 0) is 4.79 Å². The molecule has 1 unspecified atom stereocenters. The SMILES string of the molecule is CCCC(CC)N1CCC(CC)(C(=O)O)CC1. The number of aliphatic carboxylic acids is 1. The largest absolute Gasteiger partial charge is 0.481 e. The van der Waals surface area contributed by atoms with Gasteiger partial charge < -0.3 is 10.0 Å². The van der Waals surface area contributed by atoms with Gasteiger partial charge in [-0.1, -0.05) is 27.2 Å². The highest BCUT2D eigenvalue weighted by Gasteiger charge is 2.40. The van der Waals surface area contributed by atoms with Crippen molar-refractivity contribution in [1.29, 1.82) is 0 Å². The second-order valence-corrected chi connectivity index (χ2v) is 5.33. The number of hydrogen-bond donors (Lipinski definition) is 1. The zero-order chi connectivity index (χ0) is 12.9. The third-order valence-corrected chi connectivity index (χ3v) is 4.50. The summed E-state index contributed by atoms with van der Waals surface area (Å²) in [6.07, 6.45) is 6.04. The fourth-order valence-electron chi connectivity index (χ4n) is 3.01. The lowest BCUT2D eigenvalue weighted by atomic mass is 9.76. The van der Waals surface area contributed by atoms with Crippen LogP contribution in [0.5, 0.6) is 0 Å². The Hall–Kier alpha value is -0.570. The fourth-order valence-corrected chi connectivity index (χ4v) is 3.01. The molecule has 0 radical (unpaired) electrons. The average molecular weight is 241 g/mol. The number of rotatable bonds is 6. The Labute approximate surface area is 105 Å². The van der Waals surface area contributed by atoms with Crippen molar-refractivity contribution in [2.45, 2.75) is 65.3 Å². The molecule has 0 bridgehead atoms. The number of hydrogen-bond acceptors (Lipinski definition) is 2. The quantitative estimate of drug-likeness (QED) is 0.776. The van der Waals surface area contributed by atoms with Crippen LogP contribution in [-0.4, -0.2) is 35.1 Å². The normalized spacial score (nSPS) is 22.3. The first-order chi connectivity index (χ1) is 8.09. The van der Waals surface area contributed by atoms with Crippen molar-refractivity contribution in [3.05, 3.63) is 0 Å². The van der Waals surface area contributed by atoms with E-state index < -0.39 is 11.4 Å². The summed E-state index contributed by atoms with van der Waals surface area (Å²) in [7, 11) is 0. The predicted molar refractivity (Wildman–Crippen MR) is 70.2 cm³/mol. The van der Waals surface area contributed by atoms with Crippen LogP contribution in [0.4, 0.5) is 0 Å². The van der Waals surface area contributed by atoms with Gasteiger partial charge in [0.25, 0.3) is 0 Å². The van der Waals surface area contributed by atoms with Crippen molar-refractivity contribution >= 4 is 5.97 Å². The Morgan fingerprint density at radius 1 is 1.29 bits per heavy atom. The lowest BCUT2D eigenvalue weighted by Crippen LogP contribution is -2.47. The van der Waals surface area contributed by atoms with Gasteiger partial charge in [0.15, 0.2) is 0 Å². The minimum Gasteiger partial charge on any atom is -0.481 e. The molecule has 1 saturated heterocycles. The summed E-state index contributed by atoms with van der Waals surface area (Å²) in [5, 5.41) is 9.36. The van der Waals surface area contributed by atoms with Gasteiger partial charge in [0.1, 0.15) is 0 Å². The second kappa shape index (κ2) is 6.39. The van der Waals surface area contributed by atoms with Crippen molar-refractivity contribution in [2.75, 3.05) is 13.1 Å². The highest BCUT2D eigenvalue weighted by Crippen LogP contribution is 2.36. The molecule has 0 saturated carbocycles. The summed E-state index contributed by atoms with van der Waals surface area (Å²) < 4.78 is 0. The van der Waals surface area contributed by atoms with Gasteiger partial charge in [0.05, 0.1) is 5.41 Å². The molecule has 1 rings (SSSR count). The summed E-state index contributed by atoms with van der Waals surface area (Å²) in [5.41, 5.74) is -0.443. The van der Waals surface area contributed by atoms with Crippen LogP contribution in [0.3, 0.4) is 0 Å². The maximum Gasteiger partial charge on any atom is 0.309 e. The molecule has 1 N–H and O–H groups in total. The molecule has 1 heterocycles. The van der Waals surface area contributed by atoms with Crippen molar-refractivity contribution in [2.24, 2.45) is 5.41 Å². The number of carbonyl (C=O) groups is 1. The van der Waals surface area contributed by atoms with Gasteiger partial charge in [-0.2, -0.15) is 0 Å². The Morgan fingerprint density at radius 3 is 2.24 bits per heavy atom. The monoisotopic (exact) mass is 241 g/mol. The summed E-state index contributed by atoms with van der Waals surface area (Å²) >= 11 is 0. The van der Waals surface area contributed by atoms with Crippen LogP contribution in [0.1, 0.15) is 59.3 Å². The first-order valence-electron chi connectivity index (χ1n) is 7.07. The first kappa shape index (κ1) is 14.5. The van der Waals surface area contributed by atoms with E-state index in [0.29, 0.717) is 6.04 Å². The molecule has 17 heavy (non-hydrogen) atoms. The highest BCUT2D eigenvalue weighted by atomic mass is 16.4. The van der Waals surface area contributed by atoms with Gasteiger partial charge in [-0.15, -0.1) is 0 Å². The Kier molecular flexibility index (Phi) is 5.44. The molecule has 0 aromatic rings. The zero-order valence-corrected chi connectivity index (χ0v) is 11.5. The molecular weight excluding hydrogens is 214 g/mol. The molecule has 1 aliphatic rings. The molecule has 1 atom stereocenters. The topological polar surface area (TPSA) is 40.5 Å². The van der Waals surface area contributed by atoms with Crippen LogP contribution in [0.25, 0.3) is 0 Å². The molecular formula is C14H27NO2. The van der Waals surface area contributed by atoms with Crippen LogP contribution in [0.15, 0.2) is 0 Å². The van der Waals surface area contributed by atoms with Gasteiger partial charge in [0, 0.05) is 6.04 Å². The second-order valence-electron chi connectivity index (χ2n) is 5.33. The Balaban J connectivity index is 2.57. The highest BCUT2D eigenvalue weighted by molar-refractivity contribution is 5.74. The van der Waals surface area contributed by atoms with Crippen molar-refractivity contribution in [1.82, 2.24) is 4.90 Å². The van der Waals surface area contributed by atoms with Crippen LogP contribution >= 0.6 is 0 Å². The van der Waals surface area contributed by atoms with Crippen LogP contribution in [0.2, 0.25) is 0 Å². The van der Waals surface area contributed by atoms with E-state index in [4.69, 9.17) is 0 Å². The average Bonchev–Trinajstić information content (AvgIpc) is 2.36. The number of carboxylic acid groups (broad SMARTS) is 1. The molecule has 1 aliphatic heterocycles. The van der Waals surface area contributed by atoms with Crippen molar-refractivity contribution < 1.29 is 9.90 Å². The predicted octanol–water partition coefficient (Wildman–Crippen LogP) is 3.14. The summed E-state index contributed by atoms with van der Waals surface area (Å²) in [4.78, 5) is 13.9. The molecule has 0 aliphatic carbocycles. The molecule has 3 heteroatoms. The summed E-state index contributed by atoms with van der Waals surface area (Å²) in [5.74, 6) is -0.594. The smallest absolute Gasteiger partial charge is 0.309 e.